The van der Waals surface area contributed by atoms with E-state index in [9.17, 15) is 37.8 Å². The Morgan fingerprint density at radius 1 is 0.800 bits per heavy atom. The van der Waals surface area contributed by atoms with Crippen molar-refractivity contribution in [1.29, 1.82) is 0 Å². The van der Waals surface area contributed by atoms with Crippen LogP contribution in [0.15, 0.2) is 48.8 Å². The summed E-state index contributed by atoms with van der Waals surface area (Å²) in [5.41, 5.74) is -0.538. The van der Waals surface area contributed by atoms with Gasteiger partial charge in [0.15, 0.2) is 29.0 Å². The van der Waals surface area contributed by atoms with Crippen LogP contribution >= 0.6 is 11.6 Å². The molecule has 0 aliphatic carbocycles. The number of nitro groups is 2. The minimum Gasteiger partial charge on any atom is -0.503 e. The van der Waals surface area contributed by atoms with E-state index in [4.69, 9.17) is 21.4 Å². The molecule has 2 heterocycles. The van der Waals surface area contributed by atoms with Crippen molar-refractivity contribution < 1.29 is 37.3 Å². The molecule has 2 aromatic heterocycles. The normalized spacial score (nSPS) is 9.49. The van der Waals surface area contributed by atoms with Crippen molar-refractivity contribution in [1.82, 2.24) is 19.9 Å². The van der Waals surface area contributed by atoms with Crippen molar-refractivity contribution in [3.8, 4) is 17.5 Å². The average molecular weight is 661 g/mol. The highest BCUT2D eigenvalue weighted by Gasteiger charge is 2.19. The number of phenols is 1. The van der Waals surface area contributed by atoms with Gasteiger partial charge in [-0.05, 0) is 49.7 Å². The topological polar surface area (TPSA) is 191 Å². The van der Waals surface area contributed by atoms with Gasteiger partial charge in [-0.3, -0.25) is 20.2 Å². The lowest BCUT2D eigenvalue weighted by Gasteiger charge is -2.08. The SMILES string of the molecule is C.C.CCNc1nc(Cl)ncc1[N+](=O)[O-].CCNc1nc(Oc2c(F)cccc2F)ncc1[N+](=O)[O-].Oc1c(F)cccc1F. The van der Waals surface area contributed by atoms with Gasteiger partial charge in [0, 0.05) is 13.1 Å². The second-order valence-electron chi connectivity index (χ2n) is 7.56. The van der Waals surface area contributed by atoms with E-state index < -0.39 is 50.6 Å². The molecule has 244 valence electrons. The van der Waals surface area contributed by atoms with Gasteiger partial charge in [0.25, 0.3) is 0 Å². The van der Waals surface area contributed by atoms with Crippen LogP contribution in [0.1, 0.15) is 28.7 Å². The van der Waals surface area contributed by atoms with Crippen LogP contribution in [0.25, 0.3) is 0 Å². The summed E-state index contributed by atoms with van der Waals surface area (Å²) in [7, 11) is 0. The number of ether oxygens (including phenoxy) is 1. The Bertz CT molecular complexity index is 1550. The van der Waals surface area contributed by atoms with Crippen LogP contribution in [-0.2, 0) is 0 Å². The first-order chi connectivity index (χ1) is 20.4. The van der Waals surface area contributed by atoms with Crippen LogP contribution in [0.4, 0.5) is 40.6 Å². The quantitative estimate of drug-likeness (QED) is 0.0740. The Balaban J connectivity index is 0.000000692. The van der Waals surface area contributed by atoms with Gasteiger partial charge in [-0.1, -0.05) is 27.0 Å². The molecule has 0 radical (unpaired) electrons. The Hall–Kier alpha value is -5.39. The van der Waals surface area contributed by atoms with Crippen molar-refractivity contribution in [2.24, 2.45) is 0 Å². The molecule has 0 bridgehead atoms. The number of nitrogens with zero attached hydrogens (tertiary/aromatic N) is 6. The molecule has 19 heteroatoms. The highest BCUT2D eigenvalue weighted by molar-refractivity contribution is 6.28. The first-order valence-electron chi connectivity index (χ1n) is 11.8. The molecule has 4 rings (SSSR count). The zero-order valence-corrected chi connectivity index (χ0v) is 22.9. The van der Waals surface area contributed by atoms with Crippen molar-refractivity contribution in [2.45, 2.75) is 28.7 Å². The van der Waals surface area contributed by atoms with Crippen molar-refractivity contribution in [3.05, 3.63) is 97.6 Å². The minimum absolute atomic E-state index is 0. The van der Waals surface area contributed by atoms with Crippen LogP contribution in [0.2, 0.25) is 5.28 Å². The predicted molar refractivity (Wildman–Crippen MR) is 159 cm³/mol. The molecule has 14 nitrogen and oxygen atoms in total. The Morgan fingerprint density at radius 3 is 1.64 bits per heavy atom. The molecule has 3 N–H and O–H groups in total. The fraction of sp³-hybridized carbons (Fsp3) is 0.231. The van der Waals surface area contributed by atoms with E-state index in [0.29, 0.717) is 13.1 Å². The predicted octanol–water partition coefficient (Wildman–Crippen LogP) is 7.30. The molecule has 0 aliphatic rings. The highest BCUT2D eigenvalue weighted by atomic mass is 35.5. The second kappa shape index (κ2) is 19.0. The number of phenolic OH excluding ortho intramolecular Hbond substituents is 1. The summed E-state index contributed by atoms with van der Waals surface area (Å²) in [5, 5.41) is 35.1. The van der Waals surface area contributed by atoms with E-state index in [2.05, 4.69) is 30.6 Å². The molecular weight excluding hydrogens is 632 g/mol. The second-order valence-corrected chi connectivity index (χ2v) is 7.90. The molecule has 4 aromatic rings. The Labute approximate surface area is 259 Å². The van der Waals surface area contributed by atoms with Crippen LogP contribution in [0.3, 0.4) is 0 Å². The largest absolute Gasteiger partial charge is 0.503 e. The van der Waals surface area contributed by atoms with E-state index in [1.807, 2.05) is 0 Å². The zero-order valence-electron chi connectivity index (χ0n) is 22.1. The smallest absolute Gasteiger partial charge is 0.329 e. The van der Waals surface area contributed by atoms with E-state index in [1.54, 1.807) is 13.8 Å². The van der Waals surface area contributed by atoms with Crippen LogP contribution < -0.4 is 15.4 Å². The molecule has 0 aliphatic heterocycles. The Kier molecular flexibility index (Phi) is 16.7. The first-order valence-corrected chi connectivity index (χ1v) is 12.2. The fourth-order valence-corrected chi connectivity index (χ4v) is 2.92. The molecule has 0 fully saturated rings. The van der Waals surface area contributed by atoms with Gasteiger partial charge in [0.2, 0.25) is 22.7 Å². The summed E-state index contributed by atoms with van der Waals surface area (Å²) in [6.45, 7) is 4.42. The molecule has 0 spiro atoms. The van der Waals surface area contributed by atoms with E-state index in [0.717, 1.165) is 36.7 Å². The third-order valence-electron chi connectivity index (χ3n) is 4.62. The molecule has 0 amide bonds. The number of hydrogen-bond donors (Lipinski definition) is 3. The van der Waals surface area contributed by atoms with E-state index in [1.165, 1.54) is 12.1 Å². The van der Waals surface area contributed by atoms with Gasteiger partial charge >= 0.3 is 17.4 Å². The summed E-state index contributed by atoms with van der Waals surface area (Å²) in [5.74, 6) is -5.27. The van der Waals surface area contributed by atoms with Gasteiger partial charge in [-0.15, -0.1) is 0 Å². The lowest BCUT2D eigenvalue weighted by molar-refractivity contribution is -0.384. The summed E-state index contributed by atoms with van der Waals surface area (Å²) in [4.78, 5) is 34.5. The maximum atomic E-state index is 13.4. The number of aromatic nitrogens is 4. The third-order valence-corrected chi connectivity index (χ3v) is 4.80. The summed E-state index contributed by atoms with van der Waals surface area (Å²) < 4.78 is 56.0. The minimum atomic E-state index is -0.935. The number of halogens is 5. The number of aromatic hydroxyl groups is 1. The number of nitrogens with one attached hydrogen (secondary N) is 2. The summed E-state index contributed by atoms with van der Waals surface area (Å²) >= 11 is 5.47. The van der Waals surface area contributed by atoms with Crippen molar-refractivity contribution in [2.75, 3.05) is 23.7 Å². The number of benzene rings is 2. The maximum absolute atomic E-state index is 13.4. The standard InChI is InChI=1S/C12H10F2N4O3.C6H7ClN4O2.C6H4F2O.2CH4/c1-2-15-11-9(18(19)20)6-16-12(17-11)21-10-7(13)4-3-5-8(10)14;1-2-8-5-4(11(12)13)3-9-6(7)10-5;7-4-2-1-3-5(8)6(4)9;;/h3-6H,2H2,1H3,(H,15,16,17);3H,2H2,1H3,(H,8,9,10);1-3,9H;2*1H4. The van der Waals surface area contributed by atoms with Crippen molar-refractivity contribution >= 4 is 34.6 Å². The molecule has 0 saturated heterocycles. The molecule has 0 saturated carbocycles. The third kappa shape index (κ3) is 11.7. The molecule has 0 unspecified atom stereocenters. The highest BCUT2D eigenvalue weighted by Crippen LogP contribution is 2.28. The van der Waals surface area contributed by atoms with Gasteiger partial charge in [0.1, 0.15) is 12.4 Å². The van der Waals surface area contributed by atoms with Crippen molar-refractivity contribution in [3.63, 3.8) is 0 Å². The van der Waals surface area contributed by atoms with E-state index in [-0.39, 0.29) is 43.1 Å². The monoisotopic (exact) mass is 660 g/mol. The summed E-state index contributed by atoms with van der Waals surface area (Å²) in [6.07, 6.45) is 1.98. The first kappa shape index (κ1) is 39.6. The average Bonchev–Trinajstić information content (AvgIpc) is 2.95. The molecule has 2 aromatic carbocycles. The Morgan fingerprint density at radius 2 is 1.22 bits per heavy atom. The van der Waals surface area contributed by atoms with Gasteiger partial charge < -0.3 is 20.5 Å². The molecule has 45 heavy (non-hydrogen) atoms. The lowest BCUT2D eigenvalue weighted by atomic mass is 10.3. The number of hydrogen-bond acceptors (Lipinski definition) is 12. The number of para-hydroxylation sites is 2. The van der Waals surface area contributed by atoms with Crippen LogP contribution in [0.5, 0.6) is 17.5 Å². The van der Waals surface area contributed by atoms with Gasteiger partial charge in [0.05, 0.1) is 9.85 Å². The lowest BCUT2D eigenvalue weighted by Crippen LogP contribution is -2.06. The fourth-order valence-electron chi connectivity index (χ4n) is 2.79. The molecular formula is C26H29ClF4N8O6. The number of rotatable bonds is 8. The zero-order chi connectivity index (χ0) is 32.1. The van der Waals surface area contributed by atoms with Crippen LogP contribution in [0, 0.1) is 43.5 Å². The molecule has 0 atom stereocenters. The summed E-state index contributed by atoms with van der Waals surface area (Å²) in [6, 6.07) is 5.95. The van der Waals surface area contributed by atoms with E-state index >= 15 is 0 Å². The maximum Gasteiger partial charge on any atom is 0.329 e. The van der Waals surface area contributed by atoms with Gasteiger partial charge in [-0.25, -0.2) is 22.5 Å². The number of anilines is 2. The van der Waals surface area contributed by atoms with Gasteiger partial charge in [-0.2, -0.15) is 15.0 Å². The van der Waals surface area contributed by atoms with Crippen LogP contribution in [-0.4, -0.2) is 48.0 Å².